The van der Waals surface area contributed by atoms with Gasteiger partial charge < -0.3 is 16.4 Å². The zero-order valence-electron chi connectivity index (χ0n) is 10.0. The summed E-state index contributed by atoms with van der Waals surface area (Å²) in [7, 11) is 0. The first-order valence-electron chi connectivity index (χ1n) is 4.53. The second-order valence-electron chi connectivity index (χ2n) is 4.33. The SMILES string of the molecule is CCC(C)(C)OC(C)(C)CC.N.O. The molecule has 0 heterocycles. The molecular weight excluding hydrogens is 166 g/mol. The van der Waals surface area contributed by atoms with E-state index in [0.717, 1.165) is 12.8 Å². The third kappa shape index (κ3) is 8.22. The minimum Gasteiger partial charge on any atom is -0.412 e. The Morgan fingerprint density at radius 2 is 1.08 bits per heavy atom. The Morgan fingerprint density at radius 3 is 1.23 bits per heavy atom. The zero-order valence-corrected chi connectivity index (χ0v) is 10.0. The second-order valence-corrected chi connectivity index (χ2v) is 4.33. The Kier molecular flexibility index (Phi) is 9.10. The van der Waals surface area contributed by atoms with Gasteiger partial charge in [0.1, 0.15) is 0 Å². The van der Waals surface area contributed by atoms with Crippen LogP contribution in [0.4, 0.5) is 0 Å². The monoisotopic (exact) mass is 193 g/mol. The molecule has 0 aliphatic rings. The van der Waals surface area contributed by atoms with E-state index >= 15 is 0 Å². The summed E-state index contributed by atoms with van der Waals surface area (Å²) in [4.78, 5) is 0. The molecule has 3 heteroatoms. The van der Waals surface area contributed by atoms with Crippen LogP contribution in [0.15, 0.2) is 0 Å². The van der Waals surface area contributed by atoms with Gasteiger partial charge in [0.25, 0.3) is 0 Å². The summed E-state index contributed by atoms with van der Waals surface area (Å²) in [5, 5.41) is 0. The quantitative estimate of drug-likeness (QED) is 0.745. The van der Waals surface area contributed by atoms with Gasteiger partial charge in [0, 0.05) is 0 Å². The van der Waals surface area contributed by atoms with E-state index in [-0.39, 0.29) is 22.8 Å². The van der Waals surface area contributed by atoms with E-state index < -0.39 is 0 Å². The fraction of sp³-hybridized carbons (Fsp3) is 1.00. The van der Waals surface area contributed by atoms with Crippen LogP contribution >= 0.6 is 0 Å². The summed E-state index contributed by atoms with van der Waals surface area (Å²) in [6.07, 6.45) is 2.13. The highest BCUT2D eigenvalue weighted by molar-refractivity contribution is 4.74. The van der Waals surface area contributed by atoms with Crippen molar-refractivity contribution in [1.29, 1.82) is 0 Å². The summed E-state index contributed by atoms with van der Waals surface area (Å²) in [6.45, 7) is 12.9. The molecule has 0 unspecified atom stereocenters. The van der Waals surface area contributed by atoms with Crippen LogP contribution in [-0.4, -0.2) is 16.7 Å². The molecule has 0 saturated heterocycles. The average Bonchev–Trinajstić information content (AvgIpc) is 1.86. The molecule has 0 rings (SSSR count). The van der Waals surface area contributed by atoms with Crippen molar-refractivity contribution in [2.24, 2.45) is 0 Å². The molecular formula is C10H27NO2. The lowest BCUT2D eigenvalue weighted by Crippen LogP contribution is -2.35. The van der Waals surface area contributed by atoms with Crippen LogP contribution in [0.2, 0.25) is 0 Å². The van der Waals surface area contributed by atoms with Gasteiger partial charge >= 0.3 is 0 Å². The molecule has 0 radical (unpaired) electrons. The molecule has 0 fully saturated rings. The molecule has 84 valence electrons. The van der Waals surface area contributed by atoms with E-state index in [1.54, 1.807) is 0 Å². The maximum absolute atomic E-state index is 5.92. The summed E-state index contributed by atoms with van der Waals surface area (Å²) >= 11 is 0. The molecule has 0 saturated carbocycles. The van der Waals surface area contributed by atoms with Gasteiger partial charge in [-0.2, -0.15) is 0 Å². The van der Waals surface area contributed by atoms with Crippen LogP contribution in [-0.2, 0) is 4.74 Å². The smallest absolute Gasteiger partial charge is 0.0631 e. The highest BCUT2D eigenvalue weighted by Gasteiger charge is 2.25. The van der Waals surface area contributed by atoms with Crippen molar-refractivity contribution < 1.29 is 10.2 Å². The van der Waals surface area contributed by atoms with Crippen LogP contribution in [0.25, 0.3) is 0 Å². The summed E-state index contributed by atoms with van der Waals surface area (Å²) in [5.74, 6) is 0. The number of hydrogen-bond donors (Lipinski definition) is 1. The first kappa shape index (κ1) is 18.6. The van der Waals surface area contributed by atoms with E-state index in [1.807, 2.05) is 0 Å². The first-order valence-corrected chi connectivity index (χ1v) is 4.53. The van der Waals surface area contributed by atoms with E-state index in [9.17, 15) is 0 Å². The summed E-state index contributed by atoms with van der Waals surface area (Å²) in [5.41, 5.74) is 0.0546. The standard InChI is InChI=1S/C10H22O.H3N.H2O/c1-7-9(3,4)11-10(5,6)8-2;;/h7-8H2,1-6H3;1H3;1H2. The fourth-order valence-electron chi connectivity index (χ4n) is 0.892. The van der Waals surface area contributed by atoms with Gasteiger partial charge in [-0.15, -0.1) is 0 Å². The Labute approximate surface area is 82.8 Å². The molecule has 5 N–H and O–H groups in total. The van der Waals surface area contributed by atoms with Crippen molar-refractivity contribution >= 4 is 0 Å². The van der Waals surface area contributed by atoms with Crippen LogP contribution in [0.1, 0.15) is 54.4 Å². The molecule has 0 bridgehead atoms. The Balaban J connectivity index is -0.000000500. The molecule has 0 aliphatic heterocycles. The van der Waals surface area contributed by atoms with Crippen molar-refractivity contribution in [3.8, 4) is 0 Å². The predicted molar refractivity (Wildman–Crippen MR) is 58.5 cm³/mol. The van der Waals surface area contributed by atoms with Crippen LogP contribution in [0.5, 0.6) is 0 Å². The van der Waals surface area contributed by atoms with E-state index in [0.29, 0.717) is 0 Å². The zero-order chi connectivity index (χ0) is 9.12. The number of hydrogen-bond acceptors (Lipinski definition) is 2. The van der Waals surface area contributed by atoms with Crippen molar-refractivity contribution in [2.75, 3.05) is 0 Å². The van der Waals surface area contributed by atoms with Crippen LogP contribution in [0.3, 0.4) is 0 Å². The van der Waals surface area contributed by atoms with Gasteiger partial charge in [0.15, 0.2) is 0 Å². The molecule has 0 aromatic rings. The average molecular weight is 193 g/mol. The Morgan fingerprint density at radius 1 is 0.846 bits per heavy atom. The van der Waals surface area contributed by atoms with Gasteiger partial charge in [-0.1, -0.05) is 13.8 Å². The van der Waals surface area contributed by atoms with Crippen molar-refractivity contribution in [3.63, 3.8) is 0 Å². The van der Waals surface area contributed by atoms with Crippen LogP contribution in [0, 0.1) is 0 Å². The third-order valence-corrected chi connectivity index (χ3v) is 2.26. The second kappa shape index (κ2) is 6.35. The van der Waals surface area contributed by atoms with Crippen molar-refractivity contribution in [3.05, 3.63) is 0 Å². The topological polar surface area (TPSA) is 75.7 Å². The number of rotatable bonds is 4. The molecule has 0 aromatic carbocycles. The maximum Gasteiger partial charge on any atom is 0.0631 e. The highest BCUT2D eigenvalue weighted by Crippen LogP contribution is 2.24. The molecule has 0 atom stereocenters. The number of ether oxygens (including phenoxy) is 1. The lowest BCUT2D eigenvalue weighted by Gasteiger charge is -2.34. The summed E-state index contributed by atoms with van der Waals surface area (Å²) in [6, 6.07) is 0. The van der Waals surface area contributed by atoms with E-state index in [1.165, 1.54) is 0 Å². The van der Waals surface area contributed by atoms with Crippen molar-refractivity contribution in [1.82, 2.24) is 6.15 Å². The first-order chi connectivity index (χ1) is 4.83. The van der Waals surface area contributed by atoms with Gasteiger partial charge in [-0.3, -0.25) is 0 Å². The van der Waals surface area contributed by atoms with Crippen molar-refractivity contribution in [2.45, 2.75) is 65.6 Å². The molecule has 0 spiro atoms. The van der Waals surface area contributed by atoms with Gasteiger partial charge in [-0.25, -0.2) is 0 Å². The van der Waals surface area contributed by atoms with Gasteiger partial charge in [0.2, 0.25) is 0 Å². The Bertz CT molecular complexity index is 108. The lowest BCUT2D eigenvalue weighted by molar-refractivity contribution is -0.124. The largest absolute Gasteiger partial charge is 0.412 e. The third-order valence-electron chi connectivity index (χ3n) is 2.26. The predicted octanol–water partition coefficient (Wildman–Crippen LogP) is 2.72. The van der Waals surface area contributed by atoms with Crippen LogP contribution < -0.4 is 6.15 Å². The summed E-state index contributed by atoms with van der Waals surface area (Å²) < 4.78 is 5.92. The highest BCUT2D eigenvalue weighted by atomic mass is 16.5. The molecule has 0 aromatic heterocycles. The van der Waals surface area contributed by atoms with E-state index in [2.05, 4.69) is 41.5 Å². The minimum atomic E-state index is 0. The fourth-order valence-corrected chi connectivity index (χ4v) is 0.892. The van der Waals surface area contributed by atoms with Gasteiger partial charge in [0.05, 0.1) is 11.2 Å². The Hall–Kier alpha value is -0.120. The van der Waals surface area contributed by atoms with E-state index in [4.69, 9.17) is 4.74 Å². The maximum atomic E-state index is 5.92. The minimum absolute atomic E-state index is 0. The lowest BCUT2D eigenvalue weighted by atomic mass is 10.0. The molecule has 0 amide bonds. The molecule has 0 aliphatic carbocycles. The normalized spacial score (nSPS) is 11.5. The van der Waals surface area contributed by atoms with Gasteiger partial charge in [-0.05, 0) is 40.5 Å². The molecule has 3 nitrogen and oxygen atoms in total. The molecule has 13 heavy (non-hydrogen) atoms.